The van der Waals surface area contributed by atoms with Crippen LogP contribution in [0, 0.1) is 0 Å². The predicted molar refractivity (Wildman–Crippen MR) is 76.9 cm³/mol. The Bertz CT molecular complexity index is 769. The Balaban J connectivity index is 2.09. The van der Waals surface area contributed by atoms with Gasteiger partial charge in [0.2, 0.25) is 0 Å². The molecule has 0 aromatic carbocycles. The van der Waals surface area contributed by atoms with E-state index in [2.05, 4.69) is 36.1 Å². The third-order valence-electron chi connectivity index (χ3n) is 2.44. The van der Waals surface area contributed by atoms with Crippen LogP contribution in [0.2, 0.25) is 0 Å². The summed E-state index contributed by atoms with van der Waals surface area (Å²) in [7, 11) is 0. The molecule has 0 aliphatic heterocycles. The molecule has 3 rings (SSSR count). The van der Waals surface area contributed by atoms with Crippen molar-refractivity contribution in [1.82, 2.24) is 20.2 Å². The van der Waals surface area contributed by atoms with Crippen molar-refractivity contribution in [3.63, 3.8) is 0 Å². The van der Waals surface area contributed by atoms with Crippen molar-refractivity contribution in [3.8, 4) is 22.1 Å². The van der Waals surface area contributed by atoms with Crippen LogP contribution >= 0.6 is 27.3 Å². The highest BCUT2D eigenvalue weighted by molar-refractivity contribution is 9.10. The fourth-order valence-electron chi connectivity index (χ4n) is 1.57. The van der Waals surface area contributed by atoms with Crippen molar-refractivity contribution in [2.45, 2.75) is 0 Å². The third-order valence-corrected chi connectivity index (χ3v) is 4.28. The van der Waals surface area contributed by atoms with Crippen molar-refractivity contribution >= 4 is 27.3 Å². The van der Waals surface area contributed by atoms with Crippen LogP contribution in [0.25, 0.3) is 22.1 Å². The highest BCUT2D eigenvalue weighted by Crippen LogP contribution is 2.29. The molecule has 19 heavy (non-hydrogen) atoms. The molecule has 0 saturated carbocycles. The summed E-state index contributed by atoms with van der Waals surface area (Å²) in [6.45, 7) is 0. The van der Waals surface area contributed by atoms with Crippen molar-refractivity contribution in [2.24, 2.45) is 0 Å². The van der Waals surface area contributed by atoms with Crippen LogP contribution < -0.4 is 5.56 Å². The topological polar surface area (TPSA) is 71.5 Å². The zero-order valence-electron chi connectivity index (χ0n) is 9.50. The fourth-order valence-corrected chi connectivity index (χ4v) is 3.11. The van der Waals surface area contributed by atoms with Crippen LogP contribution in [-0.2, 0) is 0 Å². The summed E-state index contributed by atoms with van der Waals surface area (Å²) in [5.41, 5.74) is 0.615. The number of aromatic amines is 1. The van der Waals surface area contributed by atoms with E-state index < -0.39 is 0 Å². The van der Waals surface area contributed by atoms with E-state index in [4.69, 9.17) is 0 Å². The minimum atomic E-state index is -0.279. The van der Waals surface area contributed by atoms with E-state index in [0.29, 0.717) is 17.2 Å². The van der Waals surface area contributed by atoms with Crippen LogP contribution in [0.5, 0.6) is 0 Å². The smallest absolute Gasteiger partial charge is 0.278 e. The number of nitrogens with zero attached hydrogens (tertiary/aromatic N) is 3. The molecule has 0 radical (unpaired) electrons. The minimum Gasteiger partial charge on any atom is -0.302 e. The molecule has 7 heteroatoms. The Morgan fingerprint density at radius 3 is 2.74 bits per heavy atom. The molecule has 94 valence electrons. The zero-order chi connectivity index (χ0) is 13.2. The summed E-state index contributed by atoms with van der Waals surface area (Å²) in [6, 6.07) is 7.26. The van der Waals surface area contributed by atoms with E-state index in [-0.39, 0.29) is 5.56 Å². The van der Waals surface area contributed by atoms with Gasteiger partial charge in [0.1, 0.15) is 5.69 Å². The molecule has 3 aromatic rings. The van der Waals surface area contributed by atoms with Gasteiger partial charge in [-0.15, -0.1) is 21.5 Å². The number of halogens is 1. The lowest BCUT2D eigenvalue weighted by atomic mass is 10.3. The van der Waals surface area contributed by atoms with E-state index in [1.807, 2.05) is 17.5 Å². The van der Waals surface area contributed by atoms with Gasteiger partial charge in [-0.2, -0.15) is 0 Å². The van der Waals surface area contributed by atoms with Gasteiger partial charge < -0.3 is 4.98 Å². The van der Waals surface area contributed by atoms with Gasteiger partial charge in [-0.05, 0) is 39.5 Å². The maximum absolute atomic E-state index is 12.1. The maximum atomic E-state index is 12.1. The normalized spacial score (nSPS) is 10.6. The van der Waals surface area contributed by atoms with Gasteiger partial charge in [0.05, 0.1) is 4.88 Å². The van der Waals surface area contributed by atoms with Gasteiger partial charge in [-0.3, -0.25) is 9.78 Å². The quantitative estimate of drug-likeness (QED) is 0.782. The summed E-state index contributed by atoms with van der Waals surface area (Å²) in [5.74, 6) is 0.363. The first-order chi connectivity index (χ1) is 9.25. The molecule has 3 aromatic heterocycles. The van der Waals surface area contributed by atoms with Crippen LogP contribution in [0.3, 0.4) is 0 Å². The molecular weight excluding hydrogens is 328 g/mol. The third kappa shape index (κ3) is 2.34. The Hall–Kier alpha value is -1.86. The summed E-state index contributed by atoms with van der Waals surface area (Å²) < 4.78 is 0.836. The van der Waals surface area contributed by atoms with E-state index in [1.165, 1.54) is 11.3 Å². The molecule has 0 spiro atoms. The molecule has 0 aliphatic rings. The Kier molecular flexibility index (Phi) is 3.22. The van der Waals surface area contributed by atoms with Gasteiger partial charge in [-0.25, -0.2) is 0 Å². The fraction of sp³-hybridized carbons (Fsp3) is 0. The number of pyridine rings is 1. The van der Waals surface area contributed by atoms with Crippen LogP contribution in [0.4, 0.5) is 0 Å². The maximum Gasteiger partial charge on any atom is 0.278 e. The minimum absolute atomic E-state index is 0.279. The number of hydrogen-bond acceptors (Lipinski definition) is 5. The Labute approximate surface area is 120 Å². The highest BCUT2D eigenvalue weighted by Gasteiger charge is 2.13. The molecule has 0 aliphatic carbocycles. The second kappa shape index (κ2) is 5.02. The van der Waals surface area contributed by atoms with Crippen LogP contribution in [0.1, 0.15) is 0 Å². The average molecular weight is 335 g/mol. The highest BCUT2D eigenvalue weighted by atomic mass is 79.9. The van der Waals surface area contributed by atoms with Crippen molar-refractivity contribution < 1.29 is 0 Å². The van der Waals surface area contributed by atoms with Crippen LogP contribution in [-0.4, -0.2) is 20.2 Å². The molecule has 0 amide bonds. The summed E-state index contributed by atoms with van der Waals surface area (Å²) in [5, 5.41) is 9.91. The van der Waals surface area contributed by atoms with Crippen molar-refractivity contribution in [2.75, 3.05) is 0 Å². The lowest BCUT2D eigenvalue weighted by molar-refractivity contribution is 0.956. The summed E-state index contributed by atoms with van der Waals surface area (Å²) in [4.78, 5) is 19.7. The van der Waals surface area contributed by atoms with Gasteiger partial charge in [0.15, 0.2) is 11.5 Å². The molecule has 3 heterocycles. The van der Waals surface area contributed by atoms with E-state index >= 15 is 0 Å². The molecule has 0 atom stereocenters. The van der Waals surface area contributed by atoms with E-state index in [9.17, 15) is 4.79 Å². The van der Waals surface area contributed by atoms with E-state index in [0.717, 1.165) is 9.35 Å². The van der Waals surface area contributed by atoms with Crippen molar-refractivity contribution in [1.29, 1.82) is 0 Å². The van der Waals surface area contributed by atoms with Gasteiger partial charge >= 0.3 is 0 Å². The number of hydrogen-bond donors (Lipinski definition) is 1. The SMILES string of the molecule is O=c1[nH]c(-c2ccccn2)nnc1-c1sccc1Br. The number of thiophene rings is 1. The summed E-state index contributed by atoms with van der Waals surface area (Å²) >= 11 is 4.81. The number of nitrogens with one attached hydrogen (secondary N) is 1. The monoisotopic (exact) mass is 334 g/mol. The Morgan fingerprint density at radius 1 is 1.21 bits per heavy atom. The molecular formula is C12H7BrN4OS. The zero-order valence-corrected chi connectivity index (χ0v) is 11.9. The largest absolute Gasteiger partial charge is 0.302 e. The molecule has 1 N–H and O–H groups in total. The van der Waals surface area contributed by atoms with Gasteiger partial charge in [-0.1, -0.05) is 6.07 Å². The standard InChI is InChI=1S/C12H7BrN4OS/c13-7-4-6-19-10(7)9-12(18)15-11(17-16-9)8-3-1-2-5-14-8/h1-6H,(H,15,17,18). The first-order valence-electron chi connectivity index (χ1n) is 5.37. The number of H-pyrrole nitrogens is 1. The summed E-state index contributed by atoms with van der Waals surface area (Å²) in [6.07, 6.45) is 1.64. The molecule has 0 bridgehead atoms. The second-order valence-electron chi connectivity index (χ2n) is 3.66. The lowest BCUT2D eigenvalue weighted by Gasteiger charge is -2.00. The molecule has 0 fully saturated rings. The molecule has 5 nitrogen and oxygen atoms in total. The number of aromatic nitrogens is 4. The Morgan fingerprint density at radius 2 is 2.11 bits per heavy atom. The van der Waals surface area contributed by atoms with E-state index in [1.54, 1.807) is 18.3 Å². The molecule has 0 unspecified atom stereocenters. The molecule has 0 saturated heterocycles. The second-order valence-corrected chi connectivity index (χ2v) is 5.43. The van der Waals surface area contributed by atoms with Crippen molar-refractivity contribution in [3.05, 3.63) is 50.7 Å². The van der Waals surface area contributed by atoms with Gasteiger partial charge in [0, 0.05) is 10.7 Å². The van der Waals surface area contributed by atoms with Crippen LogP contribution in [0.15, 0.2) is 45.1 Å². The average Bonchev–Trinajstić information content (AvgIpc) is 2.86. The predicted octanol–water partition coefficient (Wildman–Crippen LogP) is 2.72. The lowest BCUT2D eigenvalue weighted by Crippen LogP contribution is -2.14. The van der Waals surface area contributed by atoms with Gasteiger partial charge in [0.25, 0.3) is 5.56 Å². The number of rotatable bonds is 2. The first kappa shape index (κ1) is 12.2. The first-order valence-corrected chi connectivity index (χ1v) is 7.05.